The molecule has 1 N–H and O–H groups in total. The van der Waals surface area contributed by atoms with Crippen LogP contribution in [-0.2, 0) is 9.53 Å². The molecule has 0 fully saturated rings. The van der Waals surface area contributed by atoms with E-state index in [9.17, 15) is 9.59 Å². The van der Waals surface area contributed by atoms with Crippen molar-refractivity contribution < 1.29 is 14.3 Å². The average Bonchev–Trinajstić information content (AvgIpc) is 3.13. The van der Waals surface area contributed by atoms with Gasteiger partial charge in [0.05, 0.1) is 19.4 Å². The van der Waals surface area contributed by atoms with Crippen molar-refractivity contribution in [3.63, 3.8) is 0 Å². The van der Waals surface area contributed by atoms with Gasteiger partial charge in [-0.3, -0.25) is 14.2 Å². The highest BCUT2D eigenvalue weighted by atomic mass is 32.2. The minimum Gasteiger partial charge on any atom is -0.497 e. The molecule has 2 aromatic carbocycles. The van der Waals surface area contributed by atoms with Crippen LogP contribution < -0.4 is 10.3 Å². The Hall–Kier alpha value is -3.26. The summed E-state index contributed by atoms with van der Waals surface area (Å²) in [5, 5.41) is 0.754. The van der Waals surface area contributed by atoms with Gasteiger partial charge in [0.1, 0.15) is 22.0 Å². The summed E-state index contributed by atoms with van der Waals surface area (Å²) >= 11 is 1.20. The number of methoxy groups -OCH3 is 1. The van der Waals surface area contributed by atoms with Crippen molar-refractivity contribution in [2.24, 2.45) is 0 Å². The van der Waals surface area contributed by atoms with Gasteiger partial charge < -0.3 is 14.5 Å². The Morgan fingerprint density at radius 1 is 1.20 bits per heavy atom. The molecule has 0 aliphatic carbocycles. The molecule has 0 aliphatic heterocycles. The Balaban J connectivity index is 1.94. The Morgan fingerprint density at radius 2 is 1.93 bits per heavy atom. The smallest absolute Gasteiger partial charge is 0.319 e. The third-order valence-electron chi connectivity index (χ3n) is 4.73. The number of ether oxygens (including phenoxy) is 2. The van der Waals surface area contributed by atoms with Crippen molar-refractivity contribution in [1.29, 1.82) is 0 Å². The van der Waals surface area contributed by atoms with E-state index in [4.69, 9.17) is 14.5 Å². The largest absolute Gasteiger partial charge is 0.497 e. The summed E-state index contributed by atoms with van der Waals surface area (Å²) in [6.07, 6.45) is 0. The molecule has 0 saturated carbocycles. The first-order chi connectivity index (χ1) is 14.5. The standard InChI is InChI=1S/C22H21N3O4S/c1-4-29-21(27)13(2)30-22-24-18-16-7-5-6-8-17(16)23-19(18)20(26)25(22)14-9-11-15(28-3)12-10-14/h5-13,23H,4H2,1-3H3/t13-/m0/s1. The van der Waals surface area contributed by atoms with Gasteiger partial charge in [-0.1, -0.05) is 30.0 Å². The molecule has 2 aromatic heterocycles. The van der Waals surface area contributed by atoms with Crippen molar-refractivity contribution in [3.8, 4) is 11.4 Å². The number of carbonyl (C=O) groups is 1. The maximum atomic E-state index is 13.5. The molecule has 0 saturated heterocycles. The summed E-state index contributed by atoms with van der Waals surface area (Å²) in [4.78, 5) is 33.7. The lowest BCUT2D eigenvalue weighted by Crippen LogP contribution is -2.24. The number of carbonyl (C=O) groups excluding carboxylic acids is 1. The Kier molecular flexibility index (Phi) is 5.50. The lowest BCUT2D eigenvalue weighted by molar-refractivity contribution is -0.142. The Labute approximate surface area is 177 Å². The highest BCUT2D eigenvalue weighted by Crippen LogP contribution is 2.29. The molecule has 0 bridgehead atoms. The maximum absolute atomic E-state index is 13.5. The van der Waals surface area contributed by atoms with Gasteiger partial charge in [0.25, 0.3) is 5.56 Å². The van der Waals surface area contributed by atoms with E-state index in [1.165, 1.54) is 16.3 Å². The van der Waals surface area contributed by atoms with Crippen LogP contribution in [0.5, 0.6) is 5.75 Å². The van der Waals surface area contributed by atoms with Crippen molar-refractivity contribution in [3.05, 3.63) is 58.9 Å². The van der Waals surface area contributed by atoms with Gasteiger partial charge in [-0.15, -0.1) is 0 Å². The Bertz CT molecular complexity index is 1280. The van der Waals surface area contributed by atoms with Gasteiger partial charge in [-0.2, -0.15) is 0 Å². The van der Waals surface area contributed by atoms with Crippen LogP contribution in [0.2, 0.25) is 0 Å². The molecule has 0 amide bonds. The molecule has 0 radical (unpaired) electrons. The number of nitrogens with one attached hydrogen (secondary N) is 1. The quantitative estimate of drug-likeness (QED) is 0.287. The minimum atomic E-state index is -0.524. The molecule has 4 aromatic rings. The van der Waals surface area contributed by atoms with E-state index in [1.807, 2.05) is 24.3 Å². The third-order valence-corrected chi connectivity index (χ3v) is 5.76. The summed E-state index contributed by atoms with van der Waals surface area (Å²) < 4.78 is 11.9. The lowest BCUT2D eigenvalue weighted by Gasteiger charge is -2.15. The molecule has 7 nitrogen and oxygen atoms in total. The first-order valence-electron chi connectivity index (χ1n) is 9.54. The van der Waals surface area contributed by atoms with Crippen LogP contribution in [0.15, 0.2) is 58.5 Å². The highest BCUT2D eigenvalue weighted by Gasteiger charge is 2.22. The first-order valence-corrected chi connectivity index (χ1v) is 10.4. The number of nitrogens with zero attached hydrogens (tertiary/aromatic N) is 2. The molecule has 30 heavy (non-hydrogen) atoms. The molecule has 0 unspecified atom stereocenters. The number of H-pyrrole nitrogens is 1. The van der Waals surface area contributed by atoms with Crippen LogP contribution in [0.4, 0.5) is 0 Å². The number of para-hydroxylation sites is 1. The Morgan fingerprint density at radius 3 is 2.63 bits per heavy atom. The summed E-state index contributed by atoms with van der Waals surface area (Å²) in [6, 6.07) is 14.8. The van der Waals surface area contributed by atoms with Crippen LogP contribution in [0.25, 0.3) is 27.6 Å². The zero-order valence-corrected chi connectivity index (χ0v) is 17.7. The summed E-state index contributed by atoms with van der Waals surface area (Å²) in [7, 11) is 1.58. The molecule has 0 aliphatic rings. The average molecular weight is 423 g/mol. The van der Waals surface area contributed by atoms with Gasteiger partial charge >= 0.3 is 5.97 Å². The summed E-state index contributed by atoms with van der Waals surface area (Å²) in [6.45, 7) is 3.80. The second kappa shape index (κ2) is 8.23. The monoisotopic (exact) mass is 423 g/mol. The predicted molar refractivity (Wildman–Crippen MR) is 118 cm³/mol. The topological polar surface area (TPSA) is 86.2 Å². The van der Waals surface area contributed by atoms with Crippen LogP contribution >= 0.6 is 11.8 Å². The van der Waals surface area contributed by atoms with Crippen LogP contribution in [0.1, 0.15) is 13.8 Å². The maximum Gasteiger partial charge on any atom is 0.319 e. The van der Waals surface area contributed by atoms with E-state index in [1.54, 1.807) is 45.2 Å². The first kappa shape index (κ1) is 20.0. The molecule has 1 atom stereocenters. The number of hydrogen-bond donors (Lipinski definition) is 1. The van der Waals surface area contributed by atoms with Crippen LogP contribution in [0.3, 0.4) is 0 Å². The fourth-order valence-corrected chi connectivity index (χ4v) is 4.16. The second-order valence-electron chi connectivity index (χ2n) is 6.64. The van der Waals surface area contributed by atoms with Gasteiger partial charge in [0, 0.05) is 10.9 Å². The third kappa shape index (κ3) is 3.54. The summed E-state index contributed by atoms with van der Waals surface area (Å²) in [5.74, 6) is 0.331. The number of rotatable bonds is 6. The minimum absolute atomic E-state index is 0.236. The molecular weight excluding hydrogens is 402 g/mol. The second-order valence-corrected chi connectivity index (χ2v) is 7.95. The number of esters is 1. The van der Waals surface area contributed by atoms with E-state index in [-0.39, 0.29) is 11.5 Å². The fourth-order valence-electron chi connectivity index (χ4n) is 3.25. The zero-order chi connectivity index (χ0) is 21.3. The highest BCUT2D eigenvalue weighted by molar-refractivity contribution is 8.00. The van der Waals surface area contributed by atoms with E-state index >= 15 is 0 Å². The number of hydrogen-bond acceptors (Lipinski definition) is 6. The van der Waals surface area contributed by atoms with E-state index in [0.717, 1.165) is 10.9 Å². The van der Waals surface area contributed by atoms with Crippen molar-refractivity contribution >= 4 is 39.7 Å². The molecule has 8 heteroatoms. The molecule has 2 heterocycles. The summed E-state index contributed by atoms with van der Waals surface area (Å²) in [5.41, 5.74) is 2.23. The SMILES string of the molecule is CCOC(=O)[C@H](C)Sc1nc2c([nH]c3ccccc32)c(=O)n1-c1ccc(OC)cc1. The van der Waals surface area contributed by atoms with Crippen LogP contribution in [0, 0.1) is 0 Å². The lowest BCUT2D eigenvalue weighted by atomic mass is 10.2. The van der Waals surface area contributed by atoms with Gasteiger partial charge in [0.2, 0.25) is 0 Å². The van der Waals surface area contributed by atoms with Gasteiger partial charge in [0.15, 0.2) is 5.16 Å². The van der Waals surface area contributed by atoms with Crippen LogP contribution in [-0.4, -0.2) is 39.5 Å². The zero-order valence-electron chi connectivity index (χ0n) is 16.8. The fraction of sp³-hybridized carbons (Fsp3) is 0.227. The van der Waals surface area contributed by atoms with E-state index in [2.05, 4.69) is 4.98 Å². The number of aromatic nitrogens is 3. The van der Waals surface area contributed by atoms with Crippen molar-refractivity contribution in [2.45, 2.75) is 24.3 Å². The van der Waals surface area contributed by atoms with Crippen molar-refractivity contribution in [1.82, 2.24) is 14.5 Å². The predicted octanol–water partition coefficient (Wildman–Crippen LogP) is 3.92. The van der Waals surface area contributed by atoms with Gasteiger partial charge in [-0.05, 0) is 44.2 Å². The number of benzene rings is 2. The number of aromatic amines is 1. The number of thioether (sulfide) groups is 1. The van der Waals surface area contributed by atoms with Crippen molar-refractivity contribution in [2.75, 3.05) is 13.7 Å². The molecule has 0 spiro atoms. The number of fused-ring (bicyclic) bond motifs is 3. The normalized spacial score (nSPS) is 12.2. The molecule has 154 valence electrons. The van der Waals surface area contributed by atoms with E-state index < -0.39 is 5.25 Å². The van der Waals surface area contributed by atoms with E-state index in [0.29, 0.717) is 34.2 Å². The molecule has 4 rings (SSSR count). The van der Waals surface area contributed by atoms with Gasteiger partial charge in [-0.25, -0.2) is 4.98 Å². The molecular formula is C22H21N3O4S.